The fraction of sp³-hybridized carbons (Fsp3) is 0.643. The predicted octanol–water partition coefficient (Wildman–Crippen LogP) is 3.95. The van der Waals surface area contributed by atoms with E-state index in [1.54, 1.807) is 0 Å². The molecule has 0 radical (unpaired) electrons. The lowest BCUT2D eigenvalue weighted by Gasteiger charge is -2.24. The van der Waals surface area contributed by atoms with Gasteiger partial charge in [-0.3, -0.25) is 4.79 Å². The van der Waals surface area contributed by atoms with Crippen LogP contribution in [0.2, 0.25) is 0 Å². The maximum Gasteiger partial charge on any atom is 0.270 e. The zero-order chi connectivity index (χ0) is 13.9. The average molecular weight is 315 g/mol. The molecule has 0 aliphatic rings. The van der Waals surface area contributed by atoms with Crippen molar-refractivity contribution in [3.63, 3.8) is 0 Å². The molecule has 0 fully saturated rings. The molecular weight excluding hydrogens is 292 g/mol. The fourth-order valence-corrected chi connectivity index (χ4v) is 2.44. The van der Waals surface area contributed by atoms with Crippen LogP contribution in [0.1, 0.15) is 51.1 Å². The minimum atomic E-state index is 0.116. The van der Waals surface area contributed by atoms with E-state index in [1.165, 1.54) is 0 Å². The van der Waals surface area contributed by atoms with Crippen molar-refractivity contribution in [2.24, 2.45) is 5.92 Å². The van der Waals surface area contributed by atoms with Crippen molar-refractivity contribution in [3.05, 3.63) is 22.4 Å². The number of rotatable bonds is 5. The van der Waals surface area contributed by atoms with Gasteiger partial charge in [0.25, 0.3) is 5.91 Å². The van der Waals surface area contributed by atoms with E-state index in [0.717, 1.165) is 23.3 Å². The van der Waals surface area contributed by atoms with E-state index in [0.29, 0.717) is 5.92 Å². The highest BCUT2D eigenvalue weighted by molar-refractivity contribution is 9.10. The maximum atomic E-state index is 12.5. The van der Waals surface area contributed by atoms with Gasteiger partial charge in [-0.2, -0.15) is 0 Å². The summed E-state index contributed by atoms with van der Waals surface area (Å²) in [6.45, 7) is 12.0. The van der Waals surface area contributed by atoms with Gasteiger partial charge in [0.1, 0.15) is 5.69 Å². The first kappa shape index (κ1) is 15.3. The summed E-state index contributed by atoms with van der Waals surface area (Å²) in [5, 5.41) is 0. The Hall–Kier alpha value is -0.770. The summed E-state index contributed by atoms with van der Waals surface area (Å²) < 4.78 is 2.98. The normalized spacial score (nSPS) is 11.3. The highest BCUT2D eigenvalue weighted by atomic mass is 79.9. The van der Waals surface area contributed by atoms with Crippen LogP contribution in [-0.4, -0.2) is 28.5 Å². The molecule has 0 saturated heterocycles. The van der Waals surface area contributed by atoms with E-state index in [-0.39, 0.29) is 11.9 Å². The third-order valence-electron chi connectivity index (χ3n) is 2.85. The largest absolute Gasteiger partial charge is 0.340 e. The molecule has 0 unspecified atom stereocenters. The molecule has 18 heavy (non-hydrogen) atoms. The van der Waals surface area contributed by atoms with E-state index in [9.17, 15) is 4.79 Å². The molecule has 102 valence electrons. The van der Waals surface area contributed by atoms with Gasteiger partial charge >= 0.3 is 0 Å². The molecule has 0 aromatic carbocycles. The van der Waals surface area contributed by atoms with Crippen molar-refractivity contribution in [2.75, 3.05) is 13.1 Å². The summed E-state index contributed by atoms with van der Waals surface area (Å²) in [5.74, 6) is 0.602. The SMILES string of the molecule is CCN(CC(C)C)C(=O)c1cc(Br)cn1C(C)C. The van der Waals surface area contributed by atoms with Crippen LogP contribution >= 0.6 is 15.9 Å². The van der Waals surface area contributed by atoms with Crippen molar-refractivity contribution in [1.29, 1.82) is 0 Å². The topological polar surface area (TPSA) is 25.2 Å². The second-order valence-electron chi connectivity index (χ2n) is 5.28. The van der Waals surface area contributed by atoms with E-state index >= 15 is 0 Å². The summed E-state index contributed by atoms with van der Waals surface area (Å²) in [6.07, 6.45) is 1.97. The van der Waals surface area contributed by atoms with Gasteiger partial charge in [-0.15, -0.1) is 0 Å². The van der Waals surface area contributed by atoms with E-state index < -0.39 is 0 Å². The molecule has 0 aliphatic carbocycles. The van der Waals surface area contributed by atoms with Gasteiger partial charge in [-0.05, 0) is 48.7 Å². The fourth-order valence-electron chi connectivity index (χ4n) is 2.00. The molecule has 1 heterocycles. The minimum Gasteiger partial charge on any atom is -0.340 e. The molecule has 1 aromatic heterocycles. The first-order chi connectivity index (χ1) is 8.36. The number of halogens is 1. The van der Waals surface area contributed by atoms with E-state index in [1.807, 2.05) is 28.7 Å². The maximum absolute atomic E-state index is 12.5. The monoisotopic (exact) mass is 314 g/mol. The van der Waals surface area contributed by atoms with Crippen molar-refractivity contribution in [3.8, 4) is 0 Å². The summed E-state index contributed by atoms with van der Waals surface area (Å²) >= 11 is 3.45. The predicted molar refractivity (Wildman–Crippen MR) is 78.9 cm³/mol. The molecule has 1 amide bonds. The smallest absolute Gasteiger partial charge is 0.270 e. The molecule has 1 aromatic rings. The van der Waals surface area contributed by atoms with Crippen LogP contribution in [-0.2, 0) is 0 Å². The quantitative estimate of drug-likeness (QED) is 0.807. The molecule has 0 bridgehead atoms. The zero-order valence-corrected chi connectivity index (χ0v) is 13.5. The number of hydrogen-bond acceptors (Lipinski definition) is 1. The molecule has 0 N–H and O–H groups in total. The van der Waals surface area contributed by atoms with Crippen molar-refractivity contribution < 1.29 is 4.79 Å². The summed E-state index contributed by atoms with van der Waals surface area (Å²) in [7, 11) is 0. The first-order valence-corrected chi connectivity index (χ1v) is 7.32. The van der Waals surface area contributed by atoms with Crippen LogP contribution in [0.25, 0.3) is 0 Å². The highest BCUT2D eigenvalue weighted by Crippen LogP contribution is 2.21. The Balaban J connectivity index is 3.01. The number of amides is 1. The second-order valence-corrected chi connectivity index (χ2v) is 6.20. The summed E-state index contributed by atoms with van der Waals surface area (Å²) in [5.41, 5.74) is 0.763. The number of hydrogen-bond donors (Lipinski definition) is 0. The highest BCUT2D eigenvalue weighted by Gasteiger charge is 2.20. The minimum absolute atomic E-state index is 0.116. The zero-order valence-electron chi connectivity index (χ0n) is 11.9. The number of nitrogens with zero attached hydrogens (tertiary/aromatic N) is 2. The van der Waals surface area contributed by atoms with Gasteiger partial charge in [-0.25, -0.2) is 0 Å². The third kappa shape index (κ3) is 3.61. The average Bonchev–Trinajstić information content (AvgIpc) is 2.67. The molecule has 0 saturated carbocycles. The first-order valence-electron chi connectivity index (χ1n) is 6.53. The molecule has 1 rings (SSSR count). The Kier molecular flexibility index (Phi) is 5.45. The van der Waals surface area contributed by atoms with Gasteiger partial charge in [0.05, 0.1) is 0 Å². The van der Waals surface area contributed by atoms with E-state index in [4.69, 9.17) is 0 Å². The van der Waals surface area contributed by atoms with Gasteiger partial charge in [0, 0.05) is 29.8 Å². The van der Waals surface area contributed by atoms with Gasteiger partial charge < -0.3 is 9.47 Å². The van der Waals surface area contributed by atoms with Crippen LogP contribution in [0, 0.1) is 5.92 Å². The number of aromatic nitrogens is 1. The Bertz CT molecular complexity index is 410. The lowest BCUT2D eigenvalue weighted by molar-refractivity contribution is 0.0733. The van der Waals surface area contributed by atoms with Gasteiger partial charge in [-0.1, -0.05) is 13.8 Å². The Morgan fingerprint density at radius 3 is 2.44 bits per heavy atom. The molecule has 4 heteroatoms. The van der Waals surface area contributed by atoms with Crippen LogP contribution in [0.3, 0.4) is 0 Å². The van der Waals surface area contributed by atoms with Gasteiger partial charge in [0.2, 0.25) is 0 Å². The van der Waals surface area contributed by atoms with Crippen LogP contribution < -0.4 is 0 Å². The van der Waals surface area contributed by atoms with Gasteiger partial charge in [0.15, 0.2) is 0 Å². The number of carbonyl (C=O) groups is 1. The van der Waals surface area contributed by atoms with Crippen LogP contribution in [0.4, 0.5) is 0 Å². The molecule has 0 aliphatic heterocycles. The number of carbonyl (C=O) groups excluding carboxylic acids is 1. The Morgan fingerprint density at radius 1 is 1.39 bits per heavy atom. The summed E-state index contributed by atoms with van der Waals surface area (Å²) in [4.78, 5) is 14.4. The van der Waals surface area contributed by atoms with Crippen molar-refractivity contribution in [2.45, 2.75) is 40.7 Å². The van der Waals surface area contributed by atoms with Crippen molar-refractivity contribution >= 4 is 21.8 Å². The third-order valence-corrected chi connectivity index (χ3v) is 3.28. The molecular formula is C14H23BrN2O. The van der Waals surface area contributed by atoms with Crippen molar-refractivity contribution in [1.82, 2.24) is 9.47 Å². The Morgan fingerprint density at radius 2 is 2.00 bits per heavy atom. The Labute approximate surface area is 118 Å². The second kappa shape index (κ2) is 6.41. The standard InChI is InChI=1S/C14H23BrN2O/c1-6-16(8-10(2)3)14(18)13-7-12(15)9-17(13)11(4)5/h7,9-11H,6,8H2,1-5H3. The molecule has 0 atom stereocenters. The van der Waals surface area contributed by atoms with E-state index in [2.05, 4.69) is 43.6 Å². The van der Waals surface area contributed by atoms with Crippen LogP contribution in [0.5, 0.6) is 0 Å². The summed E-state index contributed by atoms with van der Waals surface area (Å²) in [6, 6.07) is 2.19. The lowest BCUT2D eigenvalue weighted by Crippen LogP contribution is -2.35. The van der Waals surface area contributed by atoms with Crippen LogP contribution in [0.15, 0.2) is 16.7 Å². The molecule has 0 spiro atoms. The lowest BCUT2D eigenvalue weighted by atomic mass is 10.2. The molecule has 3 nitrogen and oxygen atoms in total.